The maximum Gasteiger partial charge on any atom is 0.376 e. The van der Waals surface area contributed by atoms with Gasteiger partial charge in [-0.05, 0) is 19.4 Å². The van der Waals surface area contributed by atoms with Crippen LogP contribution >= 0.6 is 0 Å². The Morgan fingerprint density at radius 2 is 2.28 bits per heavy atom. The molecule has 2 heterocycles. The van der Waals surface area contributed by atoms with E-state index in [1.165, 1.54) is 7.11 Å². The second-order valence-electron chi connectivity index (χ2n) is 3.93. The number of hydrogen-bond donors (Lipinski definition) is 0. The van der Waals surface area contributed by atoms with Crippen LogP contribution in [0, 0.1) is 6.92 Å². The minimum atomic E-state index is -0.502. The van der Waals surface area contributed by atoms with E-state index in [-0.39, 0.29) is 5.76 Å². The van der Waals surface area contributed by atoms with E-state index in [9.17, 15) is 4.79 Å². The van der Waals surface area contributed by atoms with E-state index in [1.807, 2.05) is 13.8 Å². The highest BCUT2D eigenvalue weighted by Crippen LogP contribution is 2.26. The van der Waals surface area contributed by atoms with Crippen LogP contribution in [0.3, 0.4) is 0 Å². The molecule has 96 valence electrons. The van der Waals surface area contributed by atoms with Gasteiger partial charge in [-0.15, -0.1) is 0 Å². The molecule has 0 unspecified atom stereocenters. The van der Waals surface area contributed by atoms with Gasteiger partial charge in [0.15, 0.2) is 0 Å². The van der Waals surface area contributed by atoms with Crippen molar-refractivity contribution in [2.75, 3.05) is 7.11 Å². The Hall–Kier alpha value is -2.04. The molecule has 0 radical (unpaired) electrons. The topological polar surface area (TPSA) is 65.5 Å². The van der Waals surface area contributed by atoms with Gasteiger partial charge >= 0.3 is 5.97 Å². The van der Waals surface area contributed by atoms with E-state index in [1.54, 1.807) is 12.3 Å². The van der Waals surface area contributed by atoms with Gasteiger partial charge in [-0.25, -0.2) is 9.78 Å². The van der Waals surface area contributed by atoms with Gasteiger partial charge < -0.3 is 13.6 Å². The SMILES string of the molecule is CCCc1nc(-c2ccoc2C)oc1C(=O)OC. The summed E-state index contributed by atoms with van der Waals surface area (Å²) in [7, 11) is 1.32. The highest BCUT2D eigenvalue weighted by Gasteiger charge is 2.22. The first-order valence-electron chi connectivity index (χ1n) is 5.79. The third-order valence-electron chi connectivity index (χ3n) is 2.64. The molecule has 0 aromatic carbocycles. The van der Waals surface area contributed by atoms with Crippen molar-refractivity contribution in [1.29, 1.82) is 0 Å². The molecule has 0 spiro atoms. The van der Waals surface area contributed by atoms with Crippen molar-refractivity contribution in [3.63, 3.8) is 0 Å². The number of carbonyl (C=O) groups is 1. The minimum Gasteiger partial charge on any atom is -0.469 e. The molecule has 0 N–H and O–H groups in total. The second kappa shape index (κ2) is 5.08. The molecular weight excluding hydrogens is 234 g/mol. The zero-order valence-electron chi connectivity index (χ0n) is 10.6. The Balaban J connectivity index is 2.45. The van der Waals surface area contributed by atoms with Crippen LogP contribution in [0.2, 0.25) is 0 Å². The fourth-order valence-electron chi connectivity index (χ4n) is 1.73. The zero-order valence-corrected chi connectivity index (χ0v) is 10.6. The molecule has 0 aliphatic rings. The van der Waals surface area contributed by atoms with Gasteiger partial charge in [0.05, 0.1) is 24.6 Å². The third-order valence-corrected chi connectivity index (χ3v) is 2.64. The zero-order chi connectivity index (χ0) is 13.1. The van der Waals surface area contributed by atoms with Crippen molar-refractivity contribution in [2.45, 2.75) is 26.7 Å². The van der Waals surface area contributed by atoms with Crippen LogP contribution in [-0.4, -0.2) is 18.1 Å². The number of furan rings is 1. The van der Waals surface area contributed by atoms with Crippen LogP contribution in [0.15, 0.2) is 21.2 Å². The molecule has 2 rings (SSSR count). The predicted molar refractivity (Wildman–Crippen MR) is 64.3 cm³/mol. The van der Waals surface area contributed by atoms with Crippen LogP contribution in [0.25, 0.3) is 11.5 Å². The fourth-order valence-corrected chi connectivity index (χ4v) is 1.73. The molecule has 2 aromatic heterocycles. The van der Waals surface area contributed by atoms with Crippen LogP contribution in [-0.2, 0) is 11.2 Å². The van der Waals surface area contributed by atoms with Crippen molar-refractivity contribution in [3.8, 4) is 11.5 Å². The van der Waals surface area contributed by atoms with Crippen LogP contribution < -0.4 is 0 Å². The first kappa shape index (κ1) is 12.4. The van der Waals surface area contributed by atoms with E-state index in [0.717, 1.165) is 12.0 Å². The second-order valence-corrected chi connectivity index (χ2v) is 3.93. The average molecular weight is 249 g/mol. The van der Waals surface area contributed by atoms with Gasteiger partial charge in [0.2, 0.25) is 11.7 Å². The summed E-state index contributed by atoms with van der Waals surface area (Å²) in [6.45, 7) is 3.83. The van der Waals surface area contributed by atoms with Crippen molar-refractivity contribution < 1.29 is 18.4 Å². The smallest absolute Gasteiger partial charge is 0.376 e. The molecule has 0 bridgehead atoms. The average Bonchev–Trinajstić information content (AvgIpc) is 2.95. The van der Waals surface area contributed by atoms with Crippen molar-refractivity contribution in [2.24, 2.45) is 0 Å². The molecule has 0 atom stereocenters. The van der Waals surface area contributed by atoms with Gasteiger partial charge in [0.1, 0.15) is 5.76 Å². The van der Waals surface area contributed by atoms with E-state index >= 15 is 0 Å². The summed E-state index contributed by atoms with van der Waals surface area (Å²) in [5.41, 5.74) is 1.38. The Kier molecular flexibility index (Phi) is 3.50. The summed E-state index contributed by atoms with van der Waals surface area (Å²) >= 11 is 0. The van der Waals surface area contributed by atoms with Crippen LogP contribution in [0.4, 0.5) is 0 Å². The maximum absolute atomic E-state index is 11.6. The highest BCUT2D eigenvalue weighted by molar-refractivity contribution is 5.88. The van der Waals surface area contributed by atoms with Gasteiger partial charge in [0.25, 0.3) is 0 Å². The van der Waals surface area contributed by atoms with Crippen LogP contribution in [0.5, 0.6) is 0 Å². The number of rotatable bonds is 4. The number of oxazole rings is 1. The first-order valence-corrected chi connectivity index (χ1v) is 5.79. The van der Waals surface area contributed by atoms with Gasteiger partial charge in [-0.1, -0.05) is 13.3 Å². The number of nitrogens with zero attached hydrogens (tertiary/aromatic N) is 1. The van der Waals surface area contributed by atoms with Gasteiger partial charge in [-0.2, -0.15) is 0 Å². The molecule has 5 heteroatoms. The van der Waals surface area contributed by atoms with Crippen LogP contribution in [0.1, 0.15) is 35.4 Å². The molecule has 0 saturated carbocycles. The number of methoxy groups -OCH3 is 1. The van der Waals surface area contributed by atoms with Gasteiger partial charge in [0, 0.05) is 0 Å². The summed E-state index contributed by atoms with van der Waals surface area (Å²) in [6.07, 6.45) is 3.11. The lowest BCUT2D eigenvalue weighted by molar-refractivity contribution is 0.0564. The Morgan fingerprint density at radius 1 is 1.50 bits per heavy atom. The molecule has 5 nitrogen and oxygen atoms in total. The number of hydrogen-bond acceptors (Lipinski definition) is 5. The largest absolute Gasteiger partial charge is 0.469 e. The molecule has 2 aromatic rings. The number of esters is 1. The number of aryl methyl sites for hydroxylation is 2. The summed E-state index contributed by atoms with van der Waals surface area (Å²) in [5, 5.41) is 0. The van der Waals surface area contributed by atoms with E-state index in [4.69, 9.17) is 8.83 Å². The summed E-state index contributed by atoms with van der Waals surface area (Å²) in [5.74, 6) is 0.772. The molecule has 0 saturated heterocycles. The van der Waals surface area contributed by atoms with E-state index in [2.05, 4.69) is 9.72 Å². The van der Waals surface area contributed by atoms with E-state index in [0.29, 0.717) is 23.8 Å². The minimum absolute atomic E-state index is 0.176. The normalized spacial score (nSPS) is 10.6. The van der Waals surface area contributed by atoms with Crippen molar-refractivity contribution >= 4 is 5.97 Å². The molecule has 18 heavy (non-hydrogen) atoms. The maximum atomic E-state index is 11.6. The summed E-state index contributed by atoms with van der Waals surface area (Å²) < 4.78 is 15.4. The number of aromatic nitrogens is 1. The standard InChI is InChI=1S/C13H15NO4/c1-4-5-10-11(13(15)16-3)18-12(14-10)9-6-7-17-8(9)2/h6-7H,4-5H2,1-3H3. The third kappa shape index (κ3) is 2.16. The molecule has 0 fully saturated rings. The number of carbonyl (C=O) groups excluding carboxylic acids is 1. The number of ether oxygens (including phenoxy) is 1. The predicted octanol–water partition coefficient (Wildman–Crippen LogP) is 2.98. The quantitative estimate of drug-likeness (QED) is 0.779. The Morgan fingerprint density at radius 3 is 2.83 bits per heavy atom. The first-order chi connectivity index (χ1) is 8.67. The lowest BCUT2D eigenvalue weighted by atomic mass is 10.2. The van der Waals surface area contributed by atoms with Gasteiger partial charge in [-0.3, -0.25) is 0 Å². The fraction of sp³-hybridized carbons (Fsp3) is 0.385. The Bertz CT molecular complexity index is 553. The lowest BCUT2D eigenvalue weighted by Crippen LogP contribution is -2.03. The molecular formula is C13H15NO4. The molecule has 0 aliphatic carbocycles. The Labute approximate surface area is 105 Å². The van der Waals surface area contributed by atoms with Crippen molar-refractivity contribution in [1.82, 2.24) is 4.98 Å². The van der Waals surface area contributed by atoms with E-state index < -0.39 is 5.97 Å². The summed E-state index contributed by atoms with van der Waals surface area (Å²) in [4.78, 5) is 15.9. The molecule has 0 amide bonds. The monoisotopic (exact) mass is 249 g/mol. The highest BCUT2D eigenvalue weighted by atomic mass is 16.5. The molecule has 0 aliphatic heterocycles. The summed E-state index contributed by atoms with van der Waals surface area (Å²) in [6, 6.07) is 1.76. The van der Waals surface area contributed by atoms with Crippen molar-refractivity contribution in [3.05, 3.63) is 29.5 Å². The lowest BCUT2D eigenvalue weighted by Gasteiger charge is -1.96.